The minimum absolute atomic E-state index is 0.121. The van der Waals surface area contributed by atoms with E-state index in [9.17, 15) is 19.7 Å². The van der Waals surface area contributed by atoms with Gasteiger partial charge in [-0.25, -0.2) is 0 Å². The smallest absolute Gasteiger partial charge is 0.309 e. The van der Waals surface area contributed by atoms with E-state index in [2.05, 4.69) is 5.32 Å². The fourth-order valence-corrected chi connectivity index (χ4v) is 2.16. The molecule has 1 aliphatic carbocycles. The van der Waals surface area contributed by atoms with Gasteiger partial charge in [0.1, 0.15) is 0 Å². The van der Waals surface area contributed by atoms with E-state index in [1.807, 2.05) is 12.2 Å². The maximum absolute atomic E-state index is 11.8. The number of nitrogens with zero attached hydrogens (tertiary/aromatic N) is 1. The Morgan fingerprint density at radius 3 is 2.86 bits per heavy atom. The lowest BCUT2D eigenvalue weighted by molar-refractivity contribution is -0.384. The summed E-state index contributed by atoms with van der Waals surface area (Å²) in [5, 5.41) is 13.1. The standard InChI is InChI=1S/C15H16N2O5/c18-14(10-22-15(19)11-5-2-1-3-6-11)16-12-7-4-8-13(9-12)17(20)21/h1-2,4,7-9,11H,3,5-6,10H2,(H,16,18)/t11-/m1/s1. The topological polar surface area (TPSA) is 98.5 Å². The SMILES string of the molecule is O=C(COC(=O)[C@@H]1CC=CCC1)Nc1cccc([N+](=O)[O-])c1. The van der Waals surface area contributed by atoms with Crippen LogP contribution >= 0.6 is 0 Å². The summed E-state index contributed by atoms with van der Waals surface area (Å²) in [6.45, 7) is -0.401. The van der Waals surface area contributed by atoms with Crippen LogP contribution in [0.2, 0.25) is 0 Å². The van der Waals surface area contributed by atoms with Crippen LogP contribution in [0.15, 0.2) is 36.4 Å². The summed E-state index contributed by atoms with van der Waals surface area (Å²) in [6, 6.07) is 5.56. The number of nitrogens with one attached hydrogen (secondary N) is 1. The van der Waals surface area contributed by atoms with Crippen LogP contribution in [-0.2, 0) is 14.3 Å². The van der Waals surface area contributed by atoms with Crippen LogP contribution in [0.5, 0.6) is 0 Å². The number of carbonyl (C=O) groups is 2. The zero-order valence-electron chi connectivity index (χ0n) is 11.9. The largest absolute Gasteiger partial charge is 0.455 e. The van der Waals surface area contributed by atoms with Crippen LogP contribution in [0.4, 0.5) is 11.4 Å². The molecule has 0 aromatic heterocycles. The summed E-state index contributed by atoms with van der Waals surface area (Å²) < 4.78 is 4.97. The number of esters is 1. The van der Waals surface area contributed by atoms with Crippen molar-refractivity contribution in [1.29, 1.82) is 0 Å². The molecule has 0 unspecified atom stereocenters. The van der Waals surface area contributed by atoms with E-state index in [0.29, 0.717) is 6.42 Å². The first-order valence-corrected chi connectivity index (χ1v) is 6.92. The quantitative estimate of drug-likeness (QED) is 0.390. The number of nitro benzene ring substituents is 1. The average Bonchev–Trinajstić information content (AvgIpc) is 2.53. The number of non-ortho nitro benzene ring substituents is 1. The van der Waals surface area contributed by atoms with Gasteiger partial charge in [-0.05, 0) is 25.3 Å². The normalized spacial score (nSPS) is 16.8. The fourth-order valence-electron chi connectivity index (χ4n) is 2.16. The summed E-state index contributed by atoms with van der Waals surface area (Å²) in [5.74, 6) is -1.12. The predicted octanol–water partition coefficient (Wildman–Crippen LogP) is 2.43. The van der Waals surface area contributed by atoms with Gasteiger partial charge in [0.2, 0.25) is 0 Å². The van der Waals surface area contributed by atoms with Crippen LogP contribution in [0.3, 0.4) is 0 Å². The Hall–Kier alpha value is -2.70. The Morgan fingerprint density at radius 2 is 2.18 bits per heavy atom. The van der Waals surface area contributed by atoms with E-state index in [1.165, 1.54) is 24.3 Å². The Bertz CT molecular complexity index is 612. The highest BCUT2D eigenvalue weighted by atomic mass is 16.6. The van der Waals surface area contributed by atoms with E-state index in [-0.39, 0.29) is 17.3 Å². The van der Waals surface area contributed by atoms with Gasteiger partial charge in [0.15, 0.2) is 6.61 Å². The lowest BCUT2D eigenvalue weighted by Gasteiger charge is -2.16. The maximum Gasteiger partial charge on any atom is 0.309 e. The number of hydrogen-bond donors (Lipinski definition) is 1. The van der Waals surface area contributed by atoms with Gasteiger partial charge in [0.25, 0.3) is 11.6 Å². The molecule has 1 atom stereocenters. The second-order valence-electron chi connectivity index (χ2n) is 4.94. The van der Waals surface area contributed by atoms with Crippen LogP contribution in [0.1, 0.15) is 19.3 Å². The average molecular weight is 304 g/mol. The van der Waals surface area contributed by atoms with Crippen molar-refractivity contribution in [2.75, 3.05) is 11.9 Å². The van der Waals surface area contributed by atoms with Gasteiger partial charge in [-0.2, -0.15) is 0 Å². The molecule has 0 saturated heterocycles. The van der Waals surface area contributed by atoms with Crippen molar-refractivity contribution in [1.82, 2.24) is 0 Å². The third kappa shape index (κ3) is 4.41. The predicted molar refractivity (Wildman–Crippen MR) is 79.2 cm³/mol. The van der Waals surface area contributed by atoms with E-state index < -0.39 is 23.4 Å². The van der Waals surface area contributed by atoms with Crippen molar-refractivity contribution >= 4 is 23.3 Å². The third-order valence-electron chi connectivity index (χ3n) is 3.29. The molecule has 1 aromatic rings. The molecule has 0 radical (unpaired) electrons. The van der Waals surface area contributed by atoms with Crippen molar-refractivity contribution in [2.45, 2.75) is 19.3 Å². The van der Waals surface area contributed by atoms with Crippen LogP contribution in [-0.4, -0.2) is 23.4 Å². The molecule has 1 aliphatic rings. The zero-order valence-corrected chi connectivity index (χ0v) is 11.9. The molecule has 0 fully saturated rings. The van der Waals surface area contributed by atoms with E-state index >= 15 is 0 Å². The Balaban J connectivity index is 1.82. The zero-order chi connectivity index (χ0) is 15.9. The molecule has 0 saturated carbocycles. The van der Waals surface area contributed by atoms with Crippen molar-refractivity contribution < 1.29 is 19.2 Å². The molecular formula is C15H16N2O5. The van der Waals surface area contributed by atoms with Gasteiger partial charge in [-0.1, -0.05) is 18.2 Å². The number of hydrogen-bond acceptors (Lipinski definition) is 5. The highest BCUT2D eigenvalue weighted by Gasteiger charge is 2.21. The number of amides is 1. The number of nitro groups is 1. The molecule has 1 N–H and O–H groups in total. The molecule has 116 valence electrons. The van der Waals surface area contributed by atoms with Crippen molar-refractivity contribution in [3.05, 3.63) is 46.5 Å². The molecule has 2 rings (SSSR count). The van der Waals surface area contributed by atoms with Crippen LogP contribution in [0.25, 0.3) is 0 Å². The van der Waals surface area contributed by atoms with Gasteiger partial charge in [0.05, 0.1) is 10.8 Å². The highest BCUT2D eigenvalue weighted by Crippen LogP contribution is 2.20. The van der Waals surface area contributed by atoms with E-state index in [0.717, 1.165) is 12.8 Å². The molecule has 7 nitrogen and oxygen atoms in total. The fraction of sp³-hybridized carbons (Fsp3) is 0.333. The number of allylic oxidation sites excluding steroid dienone is 2. The third-order valence-corrected chi connectivity index (χ3v) is 3.29. The molecule has 0 heterocycles. The number of ether oxygens (including phenoxy) is 1. The first-order valence-electron chi connectivity index (χ1n) is 6.92. The minimum atomic E-state index is -0.549. The minimum Gasteiger partial charge on any atom is -0.455 e. The molecular weight excluding hydrogens is 288 g/mol. The molecule has 1 aromatic carbocycles. The molecule has 0 bridgehead atoms. The summed E-state index contributed by atoms with van der Waals surface area (Å²) in [6.07, 6.45) is 6.13. The second kappa shape index (κ2) is 7.35. The van der Waals surface area contributed by atoms with Gasteiger partial charge in [-0.15, -0.1) is 0 Å². The number of anilines is 1. The van der Waals surface area contributed by atoms with Gasteiger partial charge in [-0.3, -0.25) is 19.7 Å². The second-order valence-corrected chi connectivity index (χ2v) is 4.94. The number of rotatable bonds is 5. The molecule has 0 spiro atoms. The molecule has 1 amide bonds. The summed E-state index contributed by atoms with van der Waals surface area (Å²) in [5.41, 5.74) is 0.166. The first-order chi connectivity index (χ1) is 10.6. The Kier molecular flexibility index (Phi) is 5.24. The van der Waals surface area contributed by atoms with Gasteiger partial charge >= 0.3 is 5.97 Å². The van der Waals surface area contributed by atoms with Gasteiger partial charge < -0.3 is 10.1 Å². The Labute approximate surface area is 127 Å². The van der Waals surface area contributed by atoms with E-state index in [1.54, 1.807) is 0 Å². The van der Waals surface area contributed by atoms with Crippen molar-refractivity contribution in [3.8, 4) is 0 Å². The van der Waals surface area contributed by atoms with Gasteiger partial charge in [0, 0.05) is 17.8 Å². The molecule has 7 heteroatoms. The molecule has 0 aliphatic heterocycles. The number of benzene rings is 1. The lowest BCUT2D eigenvalue weighted by atomic mass is 9.95. The summed E-state index contributed by atoms with van der Waals surface area (Å²) in [7, 11) is 0. The maximum atomic E-state index is 11.8. The van der Waals surface area contributed by atoms with Crippen molar-refractivity contribution in [2.24, 2.45) is 5.92 Å². The molecule has 22 heavy (non-hydrogen) atoms. The monoisotopic (exact) mass is 304 g/mol. The van der Waals surface area contributed by atoms with E-state index in [4.69, 9.17) is 4.74 Å². The summed E-state index contributed by atoms with van der Waals surface area (Å²) >= 11 is 0. The Morgan fingerprint density at radius 1 is 1.36 bits per heavy atom. The number of carbonyl (C=O) groups excluding carboxylic acids is 2. The lowest BCUT2D eigenvalue weighted by Crippen LogP contribution is -2.25. The van der Waals surface area contributed by atoms with Crippen LogP contribution in [0, 0.1) is 16.0 Å². The highest BCUT2D eigenvalue weighted by molar-refractivity contribution is 5.93. The van der Waals surface area contributed by atoms with Crippen LogP contribution < -0.4 is 5.32 Å². The summed E-state index contributed by atoms with van der Waals surface area (Å²) in [4.78, 5) is 33.6. The first kappa shape index (κ1) is 15.7. The van der Waals surface area contributed by atoms with Crippen molar-refractivity contribution in [3.63, 3.8) is 0 Å².